The summed E-state index contributed by atoms with van der Waals surface area (Å²) in [5, 5.41) is 0. The van der Waals surface area contributed by atoms with Crippen LogP contribution in [0.25, 0.3) is 0 Å². The third-order valence-electron chi connectivity index (χ3n) is 1.05. The number of benzene rings is 1. The van der Waals surface area contributed by atoms with Crippen LogP contribution >= 0.6 is 0 Å². The molecule has 0 saturated heterocycles. The van der Waals surface area contributed by atoms with Crippen molar-refractivity contribution in [3.8, 4) is 12.3 Å². The van der Waals surface area contributed by atoms with Gasteiger partial charge in [0.25, 0.3) is 0 Å². The maximum absolute atomic E-state index is 5.05. The summed E-state index contributed by atoms with van der Waals surface area (Å²) in [4.78, 5) is 0. The summed E-state index contributed by atoms with van der Waals surface area (Å²) >= 11 is 0. The summed E-state index contributed by atoms with van der Waals surface area (Å²) < 4.78 is 0. The standard InChI is InChI=1S/C9H7/c1-2-6-9-7-4-3-5-8-9/h1,3-8H/q+1. The summed E-state index contributed by atoms with van der Waals surface area (Å²) in [6.07, 6.45) is 6.79. The van der Waals surface area contributed by atoms with Gasteiger partial charge in [-0.3, -0.25) is 0 Å². The van der Waals surface area contributed by atoms with Crippen molar-refractivity contribution in [2.45, 2.75) is 0 Å². The first-order chi connectivity index (χ1) is 4.43. The lowest BCUT2D eigenvalue weighted by molar-refractivity contribution is 1.55. The molecule has 0 unspecified atom stereocenters. The van der Waals surface area contributed by atoms with E-state index in [4.69, 9.17) is 6.42 Å². The summed E-state index contributed by atoms with van der Waals surface area (Å²) in [6.45, 7) is 0. The Labute approximate surface area is 55.5 Å². The molecule has 0 aliphatic heterocycles. The Morgan fingerprint density at radius 1 is 1.22 bits per heavy atom. The first kappa shape index (κ1) is 5.78. The van der Waals surface area contributed by atoms with E-state index in [1.165, 1.54) is 0 Å². The number of hydrogen-bond acceptors (Lipinski definition) is 0. The van der Waals surface area contributed by atoms with E-state index in [1.54, 1.807) is 6.42 Å². The van der Waals surface area contributed by atoms with Gasteiger partial charge in [0.2, 0.25) is 0 Å². The maximum Gasteiger partial charge on any atom is 0.104 e. The Kier molecular flexibility index (Phi) is 1.82. The monoisotopic (exact) mass is 115 g/mol. The average Bonchev–Trinajstić information content (AvgIpc) is 1.91. The van der Waals surface area contributed by atoms with Crippen LogP contribution in [0.3, 0.4) is 0 Å². The van der Waals surface area contributed by atoms with Crippen LogP contribution in [0.2, 0.25) is 0 Å². The molecule has 1 aromatic carbocycles. The lowest BCUT2D eigenvalue weighted by atomic mass is 10.2. The first-order valence-electron chi connectivity index (χ1n) is 2.78. The Balaban J connectivity index is 2.76. The molecule has 0 heterocycles. The van der Waals surface area contributed by atoms with Crippen molar-refractivity contribution in [3.05, 3.63) is 42.3 Å². The van der Waals surface area contributed by atoms with Crippen molar-refractivity contribution in [2.24, 2.45) is 0 Å². The molecular weight excluding hydrogens is 108 g/mol. The van der Waals surface area contributed by atoms with Gasteiger partial charge in [0.05, 0.1) is 6.42 Å². The van der Waals surface area contributed by atoms with Crippen LogP contribution < -0.4 is 0 Å². The van der Waals surface area contributed by atoms with E-state index in [-0.39, 0.29) is 0 Å². The molecule has 0 fully saturated rings. The van der Waals surface area contributed by atoms with E-state index < -0.39 is 0 Å². The molecule has 0 aromatic heterocycles. The summed E-state index contributed by atoms with van der Waals surface area (Å²) in [7, 11) is 0. The van der Waals surface area contributed by atoms with Crippen molar-refractivity contribution in [3.63, 3.8) is 0 Å². The molecule has 0 atom stereocenters. The summed E-state index contributed by atoms with van der Waals surface area (Å²) in [5.74, 6) is 2.46. The second-order valence-electron chi connectivity index (χ2n) is 1.72. The van der Waals surface area contributed by atoms with E-state index in [0.29, 0.717) is 0 Å². The minimum Gasteiger partial charge on any atom is -0.0425 e. The van der Waals surface area contributed by atoms with Gasteiger partial charge in [-0.15, -0.1) is 0 Å². The van der Waals surface area contributed by atoms with Crippen molar-refractivity contribution in [1.29, 1.82) is 0 Å². The molecule has 0 spiro atoms. The summed E-state index contributed by atoms with van der Waals surface area (Å²) in [6, 6.07) is 9.83. The zero-order valence-electron chi connectivity index (χ0n) is 5.04. The normalized spacial score (nSPS) is 7.89. The molecule has 0 nitrogen and oxygen atoms in total. The van der Waals surface area contributed by atoms with Gasteiger partial charge in [0.15, 0.2) is 0 Å². The van der Waals surface area contributed by atoms with Gasteiger partial charge in [-0.05, 0) is 24.6 Å². The van der Waals surface area contributed by atoms with E-state index in [2.05, 4.69) is 5.92 Å². The van der Waals surface area contributed by atoms with Gasteiger partial charge in [0, 0.05) is 18.1 Å². The van der Waals surface area contributed by atoms with Crippen molar-refractivity contribution in [1.82, 2.24) is 0 Å². The van der Waals surface area contributed by atoms with Gasteiger partial charge in [0.1, 0.15) is 5.56 Å². The molecule has 0 radical (unpaired) electrons. The SMILES string of the molecule is C#C[CH+]c1ccccc1. The quantitative estimate of drug-likeness (QED) is 0.387. The molecule has 0 aliphatic rings. The number of terminal acetylenes is 1. The zero-order chi connectivity index (χ0) is 6.53. The van der Waals surface area contributed by atoms with E-state index in [1.807, 2.05) is 30.3 Å². The van der Waals surface area contributed by atoms with Gasteiger partial charge < -0.3 is 0 Å². The van der Waals surface area contributed by atoms with Crippen molar-refractivity contribution < 1.29 is 0 Å². The molecule has 0 N–H and O–H groups in total. The molecule has 0 bridgehead atoms. The number of hydrogen-bond donors (Lipinski definition) is 0. The zero-order valence-corrected chi connectivity index (χ0v) is 5.04. The topological polar surface area (TPSA) is 0 Å². The Bertz CT molecular complexity index is 203. The van der Waals surface area contributed by atoms with Crippen LogP contribution in [-0.4, -0.2) is 0 Å². The van der Waals surface area contributed by atoms with E-state index >= 15 is 0 Å². The molecule has 1 aromatic rings. The van der Waals surface area contributed by atoms with Crippen LogP contribution in [0.1, 0.15) is 5.56 Å². The maximum atomic E-state index is 5.05. The predicted octanol–water partition coefficient (Wildman–Crippen LogP) is 1.87. The molecule has 0 saturated carbocycles. The second-order valence-corrected chi connectivity index (χ2v) is 1.72. The Hall–Kier alpha value is -1.35. The predicted molar refractivity (Wildman–Crippen MR) is 38.7 cm³/mol. The highest BCUT2D eigenvalue weighted by atomic mass is 13.9. The lowest BCUT2D eigenvalue weighted by Crippen LogP contribution is -1.73. The van der Waals surface area contributed by atoms with Crippen LogP contribution in [-0.2, 0) is 0 Å². The average molecular weight is 115 g/mol. The van der Waals surface area contributed by atoms with E-state index in [9.17, 15) is 0 Å². The van der Waals surface area contributed by atoms with Crippen LogP contribution in [0, 0.1) is 18.8 Å². The van der Waals surface area contributed by atoms with E-state index in [0.717, 1.165) is 5.56 Å². The third-order valence-corrected chi connectivity index (χ3v) is 1.05. The minimum atomic E-state index is 1.08. The highest BCUT2D eigenvalue weighted by molar-refractivity contribution is 5.30. The summed E-state index contributed by atoms with van der Waals surface area (Å²) in [5.41, 5.74) is 1.08. The fourth-order valence-electron chi connectivity index (χ4n) is 0.645. The van der Waals surface area contributed by atoms with Crippen molar-refractivity contribution >= 4 is 0 Å². The third kappa shape index (κ3) is 1.54. The van der Waals surface area contributed by atoms with Crippen LogP contribution in [0.4, 0.5) is 0 Å². The highest BCUT2D eigenvalue weighted by Crippen LogP contribution is 1.98. The number of rotatable bonds is 1. The smallest absolute Gasteiger partial charge is 0.0425 e. The van der Waals surface area contributed by atoms with Gasteiger partial charge in [-0.25, -0.2) is 0 Å². The fraction of sp³-hybridized carbons (Fsp3) is 0. The first-order valence-corrected chi connectivity index (χ1v) is 2.78. The van der Waals surface area contributed by atoms with Crippen LogP contribution in [0.15, 0.2) is 30.3 Å². The molecule has 0 amide bonds. The minimum absolute atomic E-state index is 1.08. The molecule has 0 aliphatic carbocycles. The van der Waals surface area contributed by atoms with Crippen LogP contribution in [0.5, 0.6) is 0 Å². The van der Waals surface area contributed by atoms with Gasteiger partial charge in [-0.2, -0.15) is 0 Å². The highest BCUT2D eigenvalue weighted by Gasteiger charge is 1.91. The molecule has 42 valence electrons. The largest absolute Gasteiger partial charge is 0.104 e. The van der Waals surface area contributed by atoms with Gasteiger partial charge in [-0.1, -0.05) is 0 Å². The molecule has 1 rings (SSSR count). The molecular formula is C9H7+. The Morgan fingerprint density at radius 2 is 1.89 bits per heavy atom. The molecule has 0 heteroatoms. The lowest BCUT2D eigenvalue weighted by Gasteiger charge is -1.80. The fourth-order valence-corrected chi connectivity index (χ4v) is 0.645. The second kappa shape index (κ2) is 2.84. The molecule has 9 heavy (non-hydrogen) atoms. The van der Waals surface area contributed by atoms with Gasteiger partial charge >= 0.3 is 0 Å². The van der Waals surface area contributed by atoms with Crippen molar-refractivity contribution in [2.75, 3.05) is 0 Å². The Morgan fingerprint density at radius 3 is 2.44 bits per heavy atom.